The lowest BCUT2D eigenvalue weighted by atomic mass is 10.2. The number of halogens is 3. The Labute approximate surface area is 198 Å². The van der Waals surface area contributed by atoms with Gasteiger partial charge < -0.3 is 9.47 Å². The first-order valence-corrected chi connectivity index (χ1v) is 11.2. The first-order chi connectivity index (χ1) is 13.8. The number of amides is 1. The van der Waals surface area contributed by atoms with Crippen LogP contribution in [0, 0.1) is 0 Å². The summed E-state index contributed by atoms with van der Waals surface area (Å²) in [4.78, 5) is 26.0. The maximum absolute atomic E-state index is 12.9. The molecule has 10 heteroatoms. The molecule has 0 atom stereocenters. The van der Waals surface area contributed by atoms with Gasteiger partial charge in [0.05, 0.1) is 27.2 Å². The summed E-state index contributed by atoms with van der Waals surface area (Å²) >= 11 is 19.5. The molecule has 2 aromatic carbocycles. The number of anilines is 1. The zero-order valence-corrected chi connectivity index (χ0v) is 20.3. The Morgan fingerprint density at radius 3 is 2.66 bits per heavy atom. The normalized spacial score (nSPS) is 15.2. The van der Waals surface area contributed by atoms with E-state index >= 15 is 0 Å². The number of thiocarbonyl (C=S) groups is 1. The third kappa shape index (κ3) is 5.21. The van der Waals surface area contributed by atoms with Crippen molar-refractivity contribution in [3.63, 3.8) is 0 Å². The van der Waals surface area contributed by atoms with Crippen molar-refractivity contribution in [3.05, 3.63) is 60.8 Å². The minimum absolute atomic E-state index is 0.192. The molecule has 1 heterocycles. The summed E-state index contributed by atoms with van der Waals surface area (Å²) in [5, 5.41) is 0.493. The van der Waals surface area contributed by atoms with Crippen molar-refractivity contribution < 1.29 is 19.1 Å². The van der Waals surface area contributed by atoms with E-state index < -0.39 is 5.97 Å². The third-order valence-electron chi connectivity index (χ3n) is 3.78. The molecular weight excluding hydrogens is 566 g/mol. The van der Waals surface area contributed by atoms with Crippen molar-refractivity contribution in [2.45, 2.75) is 0 Å². The van der Waals surface area contributed by atoms with Crippen LogP contribution >= 0.6 is 67.4 Å². The molecule has 29 heavy (non-hydrogen) atoms. The van der Waals surface area contributed by atoms with E-state index in [2.05, 4.69) is 36.6 Å². The van der Waals surface area contributed by atoms with Gasteiger partial charge in [-0.25, -0.2) is 4.79 Å². The molecule has 3 rings (SSSR count). The number of carbonyl (C=O) groups is 2. The molecule has 1 aliphatic heterocycles. The summed E-state index contributed by atoms with van der Waals surface area (Å²) in [6.07, 6.45) is 1.74. The highest BCUT2D eigenvalue weighted by Crippen LogP contribution is 2.38. The summed E-state index contributed by atoms with van der Waals surface area (Å²) in [6.45, 7) is -0.192. The maximum atomic E-state index is 12.9. The number of hydrogen-bond acceptors (Lipinski definition) is 6. The van der Waals surface area contributed by atoms with Crippen LogP contribution in [0.1, 0.15) is 5.56 Å². The molecular formula is C19H12Br2ClNO4S2. The highest BCUT2D eigenvalue weighted by molar-refractivity contribution is 9.10. The van der Waals surface area contributed by atoms with E-state index in [9.17, 15) is 9.59 Å². The summed E-state index contributed by atoms with van der Waals surface area (Å²) in [5.74, 6) is -0.206. The Bertz CT molecular complexity index is 1040. The van der Waals surface area contributed by atoms with Crippen LogP contribution in [0.15, 0.2) is 50.2 Å². The predicted octanol–water partition coefficient (Wildman–Crippen LogP) is 5.82. The maximum Gasteiger partial charge on any atom is 0.343 e. The van der Waals surface area contributed by atoms with Crippen LogP contribution in [0.5, 0.6) is 5.75 Å². The largest absolute Gasteiger partial charge is 0.481 e. The van der Waals surface area contributed by atoms with Crippen molar-refractivity contribution in [2.75, 3.05) is 18.6 Å². The van der Waals surface area contributed by atoms with E-state index in [1.165, 1.54) is 23.8 Å². The molecule has 2 aromatic rings. The third-order valence-corrected chi connectivity index (χ3v) is 6.94. The fourth-order valence-corrected chi connectivity index (χ4v) is 4.62. The van der Waals surface area contributed by atoms with Crippen LogP contribution in [0.25, 0.3) is 6.08 Å². The van der Waals surface area contributed by atoms with Gasteiger partial charge in [-0.05, 0) is 73.8 Å². The zero-order chi connectivity index (χ0) is 21.1. The molecule has 1 fully saturated rings. The van der Waals surface area contributed by atoms with Crippen molar-refractivity contribution in [1.82, 2.24) is 0 Å². The van der Waals surface area contributed by atoms with Crippen LogP contribution in [0.3, 0.4) is 0 Å². The number of carbonyl (C=O) groups excluding carboxylic acids is 2. The number of ether oxygens (including phenoxy) is 2. The van der Waals surface area contributed by atoms with E-state index in [-0.39, 0.29) is 12.5 Å². The van der Waals surface area contributed by atoms with E-state index in [0.717, 1.165) is 10.0 Å². The molecule has 0 aromatic heterocycles. The molecule has 0 radical (unpaired) electrons. The molecule has 0 aliphatic carbocycles. The number of nitrogens with zero attached hydrogens (tertiary/aromatic N) is 1. The van der Waals surface area contributed by atoms with E-state index in [1.54, 1.807) is 42.5 Å². The second-order valence-corrected chi connectivity index (χ2v) is 9.46. The van der Waals surface area contributed by atoms with Crippen LogP contribution in [0.4, 0.5) is 5.69 Å². The fourth-order valence-electron chi connectivity index (χ4n) is 2.39. The number of methoxy groups -OCH3 is 1. The van der Waals surface area contributed by atoms with Crippen LogP contribution in [-0.2, 0) is 14.3 Å². The summed E-state index contributed by atoms with van der Waals surface area (Å²) in [7, 11) is 1.29. The van der Waals surface area contributed by atoms with Gasteiger partial charge in [0.2, 0.25) is 0 Å². The number of esters is 1. The number of hydrogen-bond donors (Lipinski definition) is 0. The second-order valence-electron chi connectivity index (χ2n) is 5.67. The Morgan fingerprint density at radius 2 is 2.00 bits per heavy atom. The van der Waals surface area contributed by atoms with Gasteiger partial charge in [-0.2, -0.15) is 0 Å². The van der Waals surface area contributed by atoms with Crippen LogP contribution < -0.4 is 9.64 Å². The summed E-state index contributed by atoms with van der Waals surface area (Å²) in [5.41, 5.74) is 1.38. The van der Waals surface area contributed by atoms with E-state index in [4.69, 9.17) is 28.6 Å². The van der Waals surface area contributed by atoms with E-state index in [0.29, 0.717) is 30.2 Å². The van der Waals surface area contributed by atoms with Gasteiger partial charge in [-0.1, -0.05) is 41.6 Å². The van der Waals surface area contributed by atoms with E-state index in [1.807, 2.05) is 0 Å². The van der Waals surface area contributed by atoms with Crippen LogP contribution in [0.2, 0.25) is 5.02 Å². The van der Waals surface area contributed by atoms with Crippen molar-refractivity contribution in [3.8, 4) is 5.75 Å². The number of benzene rings is 2. The lowest BCUT2D eigenvalue weighted by Gasteiger charge is -2.15. The minimum atomic E-state index is -0.474. The Balaban J connectivity index is 1.81. The lowest BCUT2D eigenvalue weighted by molar-refractivity contribution is -0.142. The minimum Gasteiger partial charge on any atom is -0.481 e. The van der Waals surface area contributed by atoms with Crippen molar-refractivity contribution in [2.24, 2.45) is 0 Å². The average molecular weight is 578 g/mol. The van der Waals surface area contributed by atoms with Crippen molar-refractivity contribution in [1.29, 1.82) is 0 Å². The van der Waals surface area contributed by atoms with Gasteiger partial charge in [0.1, 0.15) is 5.75 Å². The smallest absolute Gasteiger partial charge is 0.343 e. The van der Waals surface area contributed by atoms with Gasteiger partial charge in [0, 0.05) is 4.47 Å². The highest BCUT2D eigenvalue weighted by Gasteiger charge is 2.33. The zero-order valence-electron chi connectivity index (χ0n) is 14.8. The average Bonchev–Trinajstić information content (AvgIpc) is 2.96. The highest BCUT2D eigenvalue weighted by atomic mass is 79.9. The molecule has 150 valence electrons. The Hall–Kier alpha value is -1.39. The summed E-state index contributed by atoms with van der Waals surface area (Å²) in [6, 6.07) is 10.5. The number of rotatable bonds is 5. The topological polar surface area (TPSA) is 55.8 Å². The molecule has 5 nitrogen and oxygen atoms in total. The fraction of sp³-hybridized carbons (Fsp3) is 0.105. The molecule has 0 bridgehead atoms. The van der Waals surface area contributed by atoms with Gasteiger partial charge in [-0.15, -0.1) is 0 Å². The molecule has 0 unspecified atom stereocenters. The van der Waals surface area contributed by atoms with Crippen molar-refractivity contribution >= 4 is 95.4 Å². The van der Waals surface area contributed by atoms with Crippen LogP contribution in [-0.4, -0.2) is 29.9 Å². The molecule has 1 amide bonds. The lowest BCUT2D eigenvalue weighted by Crippen LogP contribution is -2.27. The summed E-state index contributed by atoms with van der Waals surface area (Å²) < 4.78 is 11.7. The van der Waals surface area contributed by atoms with Gasteiger partial charge in [0.15, 0.2) is 10.9 Å². The Morgan fingerprint density at radius 1 is 1.24 bits per heavy atom. The first kappa shape index (κ1) is 22.3. The molecule has 0 spiro atoms. The molecule has 0 N–H and O–H groups in total. The Kier molecular flexibility index (Phi) is 7.39. The molecule has 1 aliphatic rings. The standard InChI is InChI=1S/C19H12Br2ClNO4S2/c1-26-17(24)9-27-15-5-2-10(6-13(15)21)7-16-18(25)23(19(28)29-16)11-3-4-12(20)14(22)8-11/h2-8H,9H2,1H3/b16-7+. The molecule has 1 saturated heterocycles. The first-order valence-electron chi connectivity index (χ1n) is 8.02. The predicted molar refractivity (Wildman–Crippen MR) is 126 cm³/mol. The van der Waals surface area contributed by atoms with Gasteiger partial charge >= 0.3 is 5.97 Å². The monoisotopic (exact) mass is 575 g/mol. The quantitative estimate of drug-likeness (QED) is 0.254. The SMILES string of the molecule is COC(=O)COc1ccc(/C=C2/SC(=S)N(c3ccc(Br)c(Cl)c3)C2=O)cc1Br. The van der Waals surface area contributed by atoms with Gasteiger partial charge in [-0.3, -0.25) is 9.69 Å². The molecule has 0 saturated carbocycles. The number of thioether (sulfide) groups is 1. The second kappa shape index (κ2) is 9.61. The van der Waals surface area contributed by atoms with Gasteiger partial charge in [0.25, 0.3) is 5.91 Å².